The zero-order chi connectivity index (χ0) is 97.8. The molecular formula is C117H204O16P2. The molecule has 0 rings (SSSR count). The Morgan fingerprint density at radius 2 is 0.393 bits per heavy atom. The fraction of sp³-hybridized carbons (Fsp3) is 0.735. The molecule has 0 saturated carbocycles. The van der Waals surface area contributed by atoms with E-state index in [1.807, 2.05) is 0 Å². The van der Waals surface area contributed by atoms with Crippen molar-refractivity contribution < 1.29 is 75.8 Å². The summed E-state index contributed by atoms with van der Waals surface area (Å²) in [7, 11) is -9.82. The van der Waals surface area contributed by atoms with Crippen LogP contribution in [-0.4, -0.2) is 95.9 Å². The second-order valence-corrected chi connectivity index (χ2v) is 40.0. The van der Waals surface area contributed by atoms with Crippen LogP contribution in [0.4, 0.5) is 0 Å². The van der Waals surface area contributed by atoms with Gasteiger partial charge >= 0.3 is 33.6 Å². The summed E-state index contributed by atoms with van der Waals surface area (Å²) in [5, 5.41) is 20.8. The Labute approximate surface area is 828 Å². The predicted octanol–water partition coefficient (Wildman–Crippen LogP) is 35.7. The monoisotopic (exact) mass is 1930 g/mol. The van der Waals surface area contributed by atoms with Crippen molar-refractivity contribution >= 4 is 33.6 Å². The van der Waals surface area contributed by atoms with Crippen LogP contribution in [0.15, 0.2) is 170 Å². The molecule has 0 heterocycles. The van der Waals surface area contributed by atoms with Crippen LogP contribution in [0.1, 0.15) is 496 Å². The zero-order valence-corrected chi connectivity index (χ0v) is 88.3. The van der Waals surface area contributed by atoms with Gasteiger partial charge in [-0.05, 0) is 161 Å². The number of aliphatic hydroxyl groups excluding tert-OH is 2. The van der Waals surface area contributed by atoms with Gasteiger partial charge in [0.15, 0.2) is 6.10 Å². The van der Waals surface area contributed by atoms with Gasteiger partial charge in [0.2, 0.25) is 0 Å². The van der Waals surface area contributed by atoms with Crippen molar-refractivity contribution in [2.24, 2.45) is 0 Å². The SMILES string of the molecule is CC/C=C\C/C=C\C/C=C\C/C=C\C/C=C\C/C=C\CCCCCCCCCCCCCCCCC(=O)OCC(O)COP(=O)(O)OCC(O)COP(=O)(O)OCC(COC(=O)CCCCCCCCCCCCCCCCCCC/C=C\C/C=C\C/C=C\C/C=C\CCCCC)OC(=O)CCCCCCCCCCCCCCCCCCC/C=C\C/C=C\C/C=C\C/C=C\CCCCC. The third-order valence-electron chi connectivity index (χ3n) is 23.9. The molecule has 778 valence electrons. The predicted molar refractivity (Wildman–Crippen MR) is 574 cm³/mol. The minimum atomic E-state index is -4.95. The van der Waals surface area contributed by atoms with Crippen LogP contribution in [0.25, 0.3) is 0 Å². The number of carbonyl (C=O) groups is 3. The number of unbranched alkanes of at least 4 members (excludes halogenated alkanes) is 54. The van der Waals surface area contributed by atoms with E-state index < -0.39 is 91.5 Å². The Bertz CT molecular complexity index is 3140. The summed E-state index contributed by atoms with van der Waals surface area (Å²) in [6.45, 7) is 2.61. The van der Waals surface area contributed by atoms with Crippen molar-refractivity contribution in [3.63, 3.8) is 0 Å². The number of hydrogen-bond acceptors (Lipinski definition) is 14. The lowest BCUT2D eigenvalue weighted by atomic mass is 10.0. The number of carbonyl (C=O) groups excluding carboxylic acids is 3. The van der Waals surface area contributed by atoms with E-state index in [1.165, 1.54) is 289 Å². The highest BCUT2D eigenvalue weighted by Crippen LogP contribution is 2.45. The standard InChI is InChI=1S/C117H204O16P2/c1-4-7-10-13-16-19-22-25-28-31-34-37-40-43-46-49-52-55-58-61-64-67-70-73-76-79-82-85-88-91-94-97-100-103-115(120)127-106-112(118)107-129-134(123,124)130-108-113(119)109-131-135(125,126)132-111-114(133-117(122)105-102-99-96-93-90-87-84-81-78-75-72-69-66-63-60-57-54-51-48-45-42-39-36-33-30-27-24-21-18-15-12-9-6-3)110-128-116(121)104-101-98-95-92-89-86-83-80-77-74-71-68-65-62-59-56-53-50-47-44-41-38-35-32-29-26-23-20-17-14-11-8-5-2/h7,10,16-21,25-30,34-39,43-48,52,55,112-114,118-119H,4-6,8-9,11-15,22-24,31-33,40-42,49-51,53-54,56-111H2,1-3H3,(H,123,124)(H,125,126)/b10-7-,19-16-,20-17-,21-18-,28-25-,29-26-,30-27-,37-34-,38-35-,39-36-,46-43-,47-44-,48-45-,55-52-. The smallest absolute Gasteiger partial charge is 0.463 e. The van der Waals surface area contributed by atoms with E-state index in [-0.39, 0.29) is 19.3 Å². The van der Waals surface area contributed by atoms with E-state index in [1.54, 1.807) is 0 Å². The van der Waals surface area contributed by atoms with E-state index in [2.05, 4.69) is 191 Å². The number of phosphoric ester groups is 2. The molecule has 0 aromatic rings. The molecule has 0 aliphatic rings. The Kier molecular flexibility index (Phi) is 104. The highest BCUT2D eigenvalue weighted by molar-refractivity contribution is 7.47. The second kappa shape index (κ2) is 108. The van der Waals surface area contributed by atoms with Gasteiger partial charge in [-0.1, -0.05) is 486 Å². The normalized spacial score (nSPS) is 14.2. The molecule has 5 unspecified atom stereocenters. The minimum absolute atomic E-state index is 0.105. The molecule has 0 bridgehead atoms. The van der Waals surface area contributed by atoms with Crippen LogP contribution in [0.5, 0.6) is 0 Å². The maximum atomic E-state index is 13.2. The van der Waals surface area contributed by atoms with Crippen LogP contribution >= 0.6 is 15.6 Å². The Morgan fingerprint density at radius 1 is 0.215 bits per heavy atom. The summed E-state index contributed by atoms with van der Waals surface area (Å²) in [6.07, 6.45) is 143. The molecule has 5 atom stereocenters. The van der Waals surface area contributed by atoms with Crippen LogP contribution in [-0.2, 0) is 55.8 Å². The molecule has 0 radical (unpaired) electrons. The van der Waals surface area contributed by atoms with Crippen LogP contribution in [0, 0.1) is 0 Å². The quantitative estimate of drug-likeness (QED) is 0.0146. The Hall–Kier alpha value is -5.09. The number of hydrogen-bond donors (Lipinski definition) is 4. The van der Waals surface area contributed by atoms with Crippen molar-refractivity contribution in [3.05, 3.63) is 170 Å². The number of rotatable bonds is 105. The molecule has 0 aromatic carbocycles. The molecule has 135 heavy (non-hydrogen) atoms. The summed E-state index contributed by atoms with van der Waals surface area (Å²) < 4.78 is 61.9. The third kappa shape index (κ3) is 109. The van der Waals surface area contributed by atoms with Gasteiger partial charge in [0, 0.05) is 19.3 Å². The highest BCUT2D eigenvalue weighted by atomic mass is 31.2. The van der Waals surface area contributed by atoms with Gasteiger partial charge in [-0.15, -0.1) is 0 Å². The molecule has 0 aliphatic heterocycles. The molecule has 0 fully saturated rings. The molecule has 0 amide bonds. The first-order valence-electron chi connectivity index (χ1n) is 55.4. The lowest BCUT2D eigenvalue weighted by Gasteiger charge is -2.21. The highest BCUT2D eigenvalue weighted by Gasteiger charge is 2.30. The largest absolute Gasteiger partial charge is 0.472 e. The molecule has 4 N–H and O–H groups in total. The van der Waals surface area contributed by atoms with Crippen molar-refractivity contribution in [1.29, 1.82) is 0 Å². The van der Waals surface area contributed by atoms with E-state index in [4.69, 9.17) is 32.3 Å². The number of ether oxygens (including phenoxy) is 3. The van der Waals surface area contributed by atoms with Crippen LogP contribution in [0.2, 0.25) is 0 Å². The first-order valence-corrected chi connectivity index (χ1v) is 58.4. The molecule has 0 saturated heterocycles. The summed E-state index contributed by atoms with van der Waals surface area (Å²) in [6, 6.07) is 0. The fourth-order valence-electron chi connectivity index (χ4n) is 15.5. The second-order valence-electron chi connectivity index (χ2n) is 37.1. The van der Waals surface area contributed by atoms with Gasteiger partial charge in [0.25, 0.3) is 0 Å². The lowest BCUT2D eigenvalue weighted by Crippen LogP contribution is -2.30. The van der Waals surface area contributed by atoms with Crippen molar-refractivity contribution in [3.8, 4) is 0 Å². The van der Waals surface area contributed by atoms with Gasteiger partial charge in [0.05, 0.1) is 26.4 Å². The topological polar surface area (TPSA) is 231 Å². The molecule has 0 spiro atoms. The lowest BCUT2D eigenvalue weighted by molar-refractivity contribution is -0.161. The van der Waals surface area contributed by atoms with E-state index in [0.29, 0.717) is 19.3 Å². The number of phosphoric acid groups is 2. The molecule has 0 aromatic heterocycles. The zero-order valence-electron chi connectivity index (χ0n) is 86.5. The van der Waals surface area contributed by atoms with Crippen LogP contribution < -0.4 is 0 Å². The van der Waals surface area contributed by atoms with E-state index in [0.717, 1.165) is 148 Å². The minimum Gasteiger partial charge on any atom is -0.463 e. The number of aliphatic hydroxyl groups is 2. The maximum absolute atomic E-state index is 13.2. The Balaban J connectivity index is 4.61. The average Bonchev–Trinajstić information content (AvgIpc) is 0.891. The van der Waals surface area contributed by atoms with E-state index in [9.17, 15) is 43.5 Å². The first kappa shape index (κ1) is 130. The van der Waals surface area contributed by atoms with Gasteiger partial charge in [-0.3, -0.25) is 32.5 Å². The van der Waals surface area contributed by atoms with Crippen molar-refractivity contribution in [1.82, 2.24) is 0 Å². The molecular weight excluding hydrogens is 1720 g/mol. The number of esters is 3. The fourth-order valence-corrected chi connectivity index (χ4v) is 17.1. The summed E-state index contributed by atoms with van der Waals surface area (Å²) >= 11 is 0. The third-order valence-corrected chi connectivity index (χ3v) is 25.8. The summed E-state index contributed by atoms with van der Waals surface area (Å²) in [4.78, 5) is 59.4. The van der Waals surface area contributed by atoms with Gasteiger partial charge in [0.1, 0.15) is 25.4 Å². The summed E-state index contributed by atoms with van der Waals surface area (Å²) in [5.74, 6) is -1.55. The summed E-state index contributed by atoms with van der Waals surface area (Å²) in [5.41, 5.74) is 0. The Morgan fingerprint density at radius 3 is 0.622 bits per heavy atom. The molecule has 18 heteroatoms. The van der Waals surface area contributed by atoms with Crippen LogP contribution in [0.3, 0.4) is 0 Å². The molecule has 0 aliphatic carbocycles. The van der Waals surface area contributed by atoms with Gasteiger partial charge in [-0.25, -0.2) is 9.13 Å². The maximum Gasteiger partial charge on any atom is 0.472 e. The molecule has 16 nitrogen and oxygen atoms in total. The van der Waals surface area contributed by atoms with Gasteiger partial charge in [-0.2, -0.15) is 0 Å². The number of allylic oxidation sites excluding steroid dienone is 28. The van der Waals surface area contributed by atoms with Crippen molar-refractivity contribution in [2.45, 2.75) is 514 Å². The van der Waals surface area contributed by atoms with E-state index >= 15 is 0 Å². The van der Waals surface area contributed by atoms with Crippen molar-refractivity contribution in [2.75, 3.05) is 39.6 Å². The van der Waals surface area contributed by atoms with Gasteiger partial charge < -0.3 is 34.2 Å². The average molecular weight is 1930 g/mol. The first-order chi connectivity index (χ1) is 66.2.